The van der Waals surface area contributed by atoms with Crippen molar-refractivity contribution >= 4 is 17.5 Å². The summed E-state index contributed by atoms with van der Waals surface area (Å²) in [6.45, 7) is 2.49. The normalized spacial score (nSPS) is 12.2. The van der Waals surface area contributed by atoms with E-state index in [1.165, 1.54) is 0 Å². The molecule has 0 saturated carbocycles. The van der Waals surface area contributed by atoms with Crippen LogP contribution in [0.4, 0.5) is 0 Å². The average molecular weight is 241 g/mol. The lowest BCUT2D eigenvalue weighted by atomic mass is 10.1. The number of benzene rings is 1. The first-order chi connectivity index (χ1) is 7.63. The van der Waals surface area contributed by atoms with Gasteiger partial charge in [-0.05, 0) is 37.6 Å². The molecule has 0 unspecified atom stereocenters. The summed E-state index contributed by atoms with van der Waals surface area (Å²) in [5, 5.41) is 3.61. The summed E-state index contributed by atoms with van der Waals surface area (Å²) in [4.78, 5) is 11.5. The Hall–Kier alpha value is -1.06. The first-order valence-corrected chi connectivity index (χ1v) is 5.76. The molecule has 88 valence electrons. The van der Waals surface area contributed by atoms with Crippen LogP contribution in [0.1, 0.15) is 31.4 Å². The highest BCUT2D eigenvalue weighted by molar-refractivity contribution is 6.30. The minimum absolute atomic E-state index is 0.00235. The van der Waals surface area contributed by atoms with Gasteiger partial charge in [0, 0.05) is 11.4 Å². The summed E-state index contributed by atoms with van der Waals surface area (Å²) in [7, 11) is 0. The third-order valence-corrected chi connectivity index (χ3v) is 2.61. The molecule has 0 heterocycles. The molecule has 3 N–H and O–H groups in total. The lowest BCUT2D eigenvalue weighted by Gasteiger charge is -2.14. The van der Waals surface area contributed by atoms with Crippen molar-refractivity contribution < 1.29 is 4.79 Å². The van der Waals surface area contributed by atoms with E-state index in [0.717, 1.165) is 12.0 Å². The van der Waals surface area contributed by atoms with Gasteiger partial charge in [-0.3, -0.25) is 4.79 Å². The second kappa shape index (κ2) is 6.51. The molecule has 1 rings (SSSR count). The van der Waals surface area contributed by atoms with E-state index >= 15 is 0 Å². The van der Waals surface area contributed by atoms with Crippen LogP contribution in [-0.4, -0.2) is 12.5 Å². The Morgan fingerprint density at radius 2 is 2.06 bits per heavy atom. The summed E-state index contributed by atoms with van der Waals surface area (Å²) in [6.07, 6.45) is 1.20. The molecule has 0 aliphatic carbocycles. The standard InChI is InChI=1S/C12H17ClN2O/c1-9(15-12(16)3-2-8-14)10-4-6-11(13)7-5-10/h4-7,9H,2-3,8,14H2,1H3,(H,15,16)/t9-/m0/s1. The zero-order valence-corrected chi connectivity index (χ0v) is 10.1. The summed E-state index contributed by atoms with van der Waals surface area (Å²) < 4.78 is 0. The number of halogens is 1. The van der Waals surface area contributed by atoms with Gasteiger partial charge in [-0.25, -0.2) is 0 Å². The van der Waals surface area contributed by atoms with Crippen molar-refractivity contribution in [3.8, 4) is 0 Å². The fourth-order valence-electron chi connectivity index (χ4n) is 1.41. The first kappa shape index (κ1) is 13.0. The highest BCUT2D eigenvalue weighted by atomic mass is 35.5. The lowest BCUT2D eigenvalue weighted by Crippen LogP contribution is -2.26. The number of hydrogen-bond donors (Lipinski definition) is 2. The Bertz CT molecular complexity index is 337. The number of rotatable bonds is 5. The van der Waals surface area contributed by atoms with Crippen LogP contribution in [0.5, 0.6) is 0 Å². The fraction of sp³-hybridized carbons (Fsp3) is 0.417. The fourth-order valence-corrected chi connectivity index (χ4v) is 1.54. The SMILES string of the molecule is C[C@H](NC(=O)CCCN)c1ccc(Cl)cc1. The summed E-state index contributed by atoms with van der Waals surface area (Å²) in [6, 6.07) is 7.47. The Morgan fingerprint density at radius 1 is 1.44 bits per heavy atom. The van der Waals surface area contributed by atoms with Crippen LogP contribution < -0.4 is 11.1 Å². The molecule has 0 aliphatic rings. The van der Waals surface area contributed by atoms with E-state index in [1.54, 1.807) is 0 Å². The summed E-state index contributed by atoms with van der Waals surface area (Å²) >= 11 is 5.79. The van der Waals surface area contributed by atoms with Gasteiger partial charge in [-0.1, -0.05) is 23.7 Å². The zero-order chi connectivity index (χ0) is 12.0. The molecule has 0 bridgehead atoms. The molecule has 0 spiro atoms. The molecular formula is C12H17ClN2O. The van der Waals surface area contributed by atoms with Crippen molar-refractivity contribution in [2.75, 3.05) is 6.54 Å². The van der Waals surface area contributed by atoms with Crippen molar-refractivity contribution in [1.82, 2.24) is 5.32 Å². The lowest BCUT2D eigenvalue weighted by molar-refractivity contribution is -0.121. The predicted octanol–water partition coefficient (Wildman–Crippen LogP) is 2.26. The average Bonchev–Trinajstić information content (AvgIpc) is 2.27. The van der Waals surface area contributed by atoms with Gasteiger partial charge >= 0.3 is 0 Å². The van der Waals surface area contributed by atoms with Gasteiger partial charge in [0.15, 0.2) is 0 Å². The minimum atomic E-state index is 0.00235. The molecule has 1 aromatic rings. The van der Waals surface area contributed by atoms with E-state index in [2.05, 4.69) is 5.32 Å². The van der Waals surface area contributed by atoms with E-state index in [4.69, 9.17) is 17.3 Å². The van der Waals surface area contributed by atoms with E-state index in [-0.39, 0.29) is 11.9 Å². The van der Waals surface area contributed by atoms with Crippen molar-refractivity contribution in [2.24, 2.45) is 5.73 Å². The quantitative estimate of drug-likeness (QED) is 0.830. The molecule has 16 heavy (non-hydrogen) atoms. The van der Waals surface area contributed by atoms with E-state index in [0.29, 0.717) is 18.0 Å². The first-order valence-electron chi connectivity index (χ1n) is 5.38. The van der Waals surface area contributed by atoms with Crippen LogP contribution in [-0.2, 0) is 4.79 Å². The Labute approximate surface area is 101 Å². The van der Waals surface area contributed by atoms with Crippen LogP contribution >= 0.6 is 11.6 Å². The maximum atomic E-state index is 11.5. The van der Waals surface area contributed by atoms with Crippen molar-refractivity contribution in [3.05, 3.63) is 34.9 Å². The highest BCUT2D eigenvalue weighted by Gasteiger charge is 2.08. The van der Waals surface area contributed by atoms with Gasteiger partial charge in [0.2, 0.25) is 5.91 Å². The number of nitrogens with two attached hydrogens (primary N) is 1. The smallest absolute Gasteiger partial charge is 0.220 e. The molecule has 0 saturated heterocycles. The van der Waals surface area contributed by atoms with Crippen LogP contribution in [0.25, 0.3) is 0 Å². The minimum Gasteiger partial charge on any atom is -0.350 e. The van der Waals surface area contributed by atoms with Crippen molar-refractivity contribution in [2.45, 2.75) is 25.8 Å². The predicted molar refractivity (Wildman–Crippen MR) is 66.3 cm³/mol. The third-order valence-electron chi connectivity index (χ3n) is 2.36. The maximum Gasteiger partial charge on any atom is 0.220 e. The number of nitrogens with one attached hydrogen (secondary N) is 1. The molecular weight excluding hydrogens is 224 g/mol. The second-order valence-corrected chi connectivity index (χ2v) is 4.17. The van der Waals surface area contributed by atoms with E-state index in [9.17, 15) is 4.79 Å². The summed E-state index contributed by atoms with van der Waals surface area (Å²) in [5.74, 6) is 0.0351. The monoisotopic (exact) mass is 240 g/mol. The molecule has 0 fully saturated rings. The number of carbonyl (C=O) groups excluding carboxylic acids is 1. The van der Waals surface area contributed by atoms with Gasteiger partial charge in [0.05, 0.1) is 6.04 Å². The number of amides is 1. The summed E-state index contributed by atoms with van der Waals surface area (Å²) in [5.41, 5.74) is 6.39. The molecule has 3 nitrogen and oxygen atoms in total. The molecule has 1 amide bonds. The van der Waals surface area contributed by atoms with Crippen LogP contribution in [0.3, 0.4) is 0 Å². The van der Waals surface area contributed by atoms with Crippen LogP contribution in [0, 0.1) is 0 Å². The largest absolute Gasteiger partial charge is 0.350 e. The van der Waals surface area contributed by atoms with Crippen LogP contribution in [0.15, 0.2) is 24.3 Å². The third kappa shape index (κ3) is 4.21. The van der Waals surface area contributed by atoms with E-state index < -0.39 is 0 Å². The highest BCUT2D eigenvalue weighted by Crippen LogP contribution is 2.16. The van der Waals surface area contributed by atoms with Gasteiger partial charge in [-0.2, -0.15) is 0 Å². The molecule has 0 aromatic heterocycles. The topological polar surface area (TPSA) is 55.1 Å². The second-order valence-electron chi connectivity index (χ2n) is 3.73. The molecule has 0 aliphatic heterocycles. The van der Waals surface area contributed by atoms with Gasteiger partial charge in [-0.15, -0.1) is 0 Å². The van der Waals surface area contributed by atoms with Crippen molar-refractivity contribution in [3.63, 3.8) is 0 Å². The van der Waals surface area contributed by atoms with Crippen LogP contribution in [0.2, 0.25) is 5.02 Å². The molecule has 1 aromatic carbocycles. The maximum absolute atomic E-state index is 11.5. The van der Waals surface area contributed by atoms with Gasteiger partial charge in [0.1, 0.15) is 0 Å². The number of hydrogen-bond acceptors (Lipinski definition) is 2. The Morgan fingerprint density at radius 3 is 2.62 bits per heavy atom. The Balaban J connectivity index is 2.48. The van der Waals surface area contributed by atoms with Gasteiger partial charge in [0.25, 0.3) is 0 Å². The molecule has 1 atom stereocenters. The van der Waals surface area contributed by atoms with E-state index in [1.807, 2.05) is 31.2 Å². The molecule has 0 radical (unpaired) electrons. The van der Waals surface area contributed by atoms with Crippen molar-refractivity contribution in [1.29, 1.82) is 0 Å². The zero-order valence-electron chi connectivity index (χ0n) is 9.37. The van der Waals surface area contributed by atoms with Gasteiger partial charge < -0.3 is 11.1 Å². The number of carbonyl (C=O) groups is 1. The molecule has 4 heteroatoms. The Kier molecular flexibility index (Phi) is 5.29.